The fourth-order valence-corrected chi connectivity index (χ4v) is 5.99. The third kappa shape index (κ3) is 5.31. The van der Waals surface area contributed by atoms with Gasteiger partial charge in [-0.25, -0.2) is 27.5 Å². The molecule has 0 spiro atoms. The van der Waals surface area contributed by atoms with Crippen molar-refractivity contribution in [1.29, 1.82) is 0 Å². The summed E-state index contributed by atoms with van der Waals surface area (Å²) in [5.41, 5.74) is 9.33. The molecule has 11 heteroatoms. The number of aromatic nitrogens is 3. The predicted octanol–water partition coefficient (Wildman–Crippen LogP) is 3.01. The van der Waals surface area contributed by atoms with Crippen molar-refractivity contribution in [2.24, 2.45) is 0 Å². The van der Waals surface area contributed by atoms with Crippen molar-refractivity contribution in [2.45, 2.75) is 46.3 Å². The summed E-state index contributed by atoms with van der Waals surface area (Å²) in [6, 6.07) is 5.57. The maximum Gasteiger partial charge on any atom is 0.331 e. The number of aliphatic carboxylic acids is 1. The first-order valence-electron chi connectivity index (χ1n) is 11.8. The molecule has 0 bridgehead atoms. The number of nitrogens with zero attached hydrogens (tertiary/aromatic N) is 4. The molecule has 3 heterocycles. The fraction of sp³-hybridized carbons (Fsp3) is 0.458. The minimum Gasteiger partial charge on any atom is -0.478 e. The first-order valence-corrected chi connectivity index (χ1v) is 13.4. The van der Waals surface area contributed by atoms with Gasteiger partial charge in [0.05, 0.1) is 16.8 Å². The summed E-state index contributed by atoms with van der Waals surface area (Å²) in [5.74, 6) is 0.290. The second kappa shape index (κ2) is 10.3. The highest BCUT2D eigenvalue weighted by Gasteiger charge is 2.27. The van der Waals surface area contributed by atoms with Gasteiger partial charge in [-0.3, -0.25) is 0 Å². The molecule has 0 radical (unpaired) electrons. The highest BCUT2D eigenvalue weighted by atomic mass is 32.2. The standard InChI is InChI=1S/C24H31N5O5S/c1-3-34-15-20-27-21-22(29(20)11-5-4-9-28-10-6-12-35(28,32)33)18-8-7-17(13-16(2)24(30)31)14-19(18)26-23(21)25/h7-8,13-14H,3-6,9-12,15H2,1-2H3,(H2,25,26)(H,30,31). The van der Waals surface area contributed by atoms with Crippen LogP contribution in [0.4, 0.5) is 5.82 Å². The molecule has 1 aliphatic rings. The second-order valence-corrected chi connectivity index (χ2v) is 10.8. The average Bonchev–Trinajstić information content (AvgIpc) is 3.34. The Balaban J connectivity index is 1.69. The first kappa shape index (κ1) is 25.1. The molecule has 1 saturated heterocycles. The van der Waals surface area contributed by atoms with Crippen LogP contribution in [0.15, 0.2) is 23.8 Å². The number of nitrogen functional groups attached to an aromatic ring is 1. The lowest BCUT2D eigenvalue weighted by molar-refractivity contribution is -0.132. The number of carboxylic acids is 1. The van der Waals surface area contributed by atoms with E-state index in [-0.39, 0.29) is 11.3 Å². The van der Waals surface area contributed by atoms with Gasteiger partial charge in [0, 0.05) is 37.2 Å². The van der Waals surface area contributed by atoms with Crippen LogP contribution in [0.5, 0.6) is 0 Å². The number of fused-ring (bicyclic) bond motifs is 3. The average molecular weight is 502 g/mol. The van der Waals surface area contributed by atoms with E-state index in [1.165, 1.54) is 0 Å². The Kier molecular flexibility index (Phi) is 7.39. The summed E-state index contributed by atoms with van der Waals surface area (Å²) >= 11 is 0. The maximum atomic E-state index is 12.1. The van der Waals surface area contributed by atoms with E-state index in [0.717, 1.165) is 35.1 Å². The molecule has 0 unspecified atom stereocenters. The smallest absolute Gasteiger partial charge is 0.331 e. The molecule has 1 fully saturated rings. The topological polar surface area (TPSA) is 141 Å². The SMILES string of the molecule is CCOCc1nc2c(N)nc3cc(C=C(C)C(=O)O)ccc3c2n1CCCCN1CCCS1(=O)=O. The van der Waals surface area contributed by atoms with Gasteiger partial charge in [0.2, 0.25) is 10.0 Å². The van der Waals surface area contributed by atoms with E-state index < -0.39 is 16.0 Å². The van der Waals surface area contributed by atoms with Crippen LogP contribution in [0, 0.1) is 0 Å². The molecule has 0 amide bonds. The van der Waals surface area contributed by atoms with Crippen LogP contribution in [0.3, 0.4) is 0 Å². The van der Waals surface area contributed by atoms with Gasteiger partial charge >= 0.3 is 5.97 Å². The molecule has 1 aliphatic heterocycles. The van der Waals surface area contributed by atoms with E-state index in [1.807, 2.05) is 25.1 Å². The Hall–Kier alpha value is -3.02. The molecule has 35 heavy (non-hydrogen) atoms. The lowest BCUT2D eigenvalue weighted by atomic mass is 10.1. The number of carbonyl (C=O) groups is 1. The zero-order valence-electron chi connectivity index (χ0n) is 20.0. The van der Waals surface area contributed by atoms with Crippen LogP contribution < -0.4 is 5.73 Å². The Bertz CT molecular complexity index is 1400. The number of sulfonamides is 1. The molecule has 3 N–H and O–H groups in total. The Morgan fingerprint density at radius 2 is 2.03 bits per heavy atom. The Morgan fingerprint density at radius 3 is 2.71 bits per heavy atom. The van der Waals surface area contributed by atoms with Gasteiger partial charge < -0.3 is 20.1 Å². The van der Waals surface area contributed by atoms with Gasteiger partial charge in [0.1, 0.15) is 17.9 Å². The number of pyridine rings is 1. The minimum atomic E-state index is -3.10. The number of imidazole rings is 1. The van der Waals surface area contributed by atoms with Crippen molar-refractivity contribution in [2.75, 3.05) is 31.2 Å². The molecule has 188 valence electrons. The quantitative estimate of drug-likeness (QED) is 0.319. The summed E-state index contributed by atoms with van der Waals surface area (Å²) in [5, 5.41) is 10.0. The summed E-state index contributed by atoms with van der Waals surface area (Å²) in [7, 11) is -3.10. The lowest BCUT2D eigenvalue weighted by Gasteiger charge is -2.15. The van der Waals surface area contributed by atoms with E-state index in [2.05, 4.69) is 9.55 Å². The van der Waals surface area contributed by atoms with Crippen molar-refractivity contribution < 1.29 is 23.1 Å². The van der Waals surface area contributed by atoms with Gasteiger partial charge in [-0.05, 0) is 50.8 Å². The number of anilines is 1. The molecule has 3 aromatic rings. The lowest BCUT2D eigenvalue weighted by Crippen LogP contribution is -2.26. The van der Waals surface area contributed by atoms with E-state index in [0.29, 0.717) is 56.1 Å². The van der Waals surface area contributed by atoms with Crippen LogP contribution >= 0.6 is 0 Å². The zero-order chi connectivity index (χ0) is 25.2. The van der Waals surface area contributed by atoms with Crippen molar-refractivity contribution >= 4 is 49.8 Å². The number of unbranched alkanes of at least 4 members (excludes halogenated alkanes) is 1. The van der Waals surface area contributed by atoms with Gasteiger partial charge in [-0.1, -0.05) is 12.1 Å². The van der Waals surface area contributed by atoms with E-state index >= 15 is 0 Å². The maximum absolute atomic E-state index is 12.1. The fourth-order valence-electron chi connectivity index (χ4n) is 4.42. The largest absolute Gasteiger partial charge is 0.478 e. The highest BCUT2D eigenvalue weighted by molar-refractivity contribution is 7.89. The highest BCUT2D eigenvalue weighted by Crippen LogP contribution is 2.30. The predicted molar refractivity (Wildman–Crippen MR) is 135 cm³/mol. The molecule has 10 nitrogen and oxygen atoms in total. The minimum absolute atomic E-state index is 0.224. The van der Waals surface area contributed by atoms with Crippen LogP contribution in [0.25, 0.3) is 28.0 Å². The van der Waals surface area contributed by atoms with Gasteiger partial charge in [-0.2, -0.15) is 0 Å². The number of hydrogen-bond acceptors (Lipinski definition) is 7. The summed E-state index contributed by atoms with van der Waals surface area (Å²) < 4.78 is 33.5. The van der Waals surface area contributed by atoms with E-state index in [4.69, 9.17) is 15.5 Å². The van der Waals surface area contributed by atoms with Crippen LogP contribution in [-0.2, 0) is 32.7 Å². The van der Waals surface area contributed by atoms with Crippen LogP contribution in [-0.4, -0.2) is 63.8 Å². The van der Waals surface area contributed by atoms with Crippen LogP contribution in [0.2, 0.25) is 0 Å². The molecule has 1 aromatic carbocycles. The Labute approximate surface area is 204 Å². The first-order chi connectivity index (χ1) is 16.7. The number of benzene rings is 1. The summed E-state index contributed by atoms with van der Waals surface area (Å²) in [6.07, 6.45) is 3.77. The van der Waals surface area contributed by atoms with E-state index in [9.17, 15) is 18.3 Å². The Morgan fingerprint density at radius 1 is 1.26 bits per heavy atom. The number of rotatable bonds is 10. The number of aryl methyl sites for hydroxylation is 1. The summed E-state index contributed by atoms with van der Waals surface area (Å²) in [6.45, 7) is 6.07. The number of nitrogens with two attached hydrogens (primary N) is 1. The van der Waals surface area contributed by atoms with Crippen LogP contribution in [0.1, 0.15) is 44.5 Å². The van der Waals surface area contributed by atoms with Crippen molar-refractivity contribution in [3.8, 4) is 0 Å². The van der Waals surface area contributed by atoms with E-state index in [1.54, 1.807) is 17.3 Å². The number of ether oxygens (including phenoxy) is 1. The molecular formula is C24H31N5O5S. The van der Waals surface area contributed by atoms with Gasteiger partial charge in [-0.15, -0.1) is 0 Å². The van der Waals surface area contributed by atoms with Crippen molar-refractivity contribution in [3.63, 3.8) is 0 Å². The molecule has 0 aliphatic carbocycles. The van der Waals surface area contributed by atoms with Crippen molar-refractivity contribution in [1.82, 2.24) is 18.8 Å². The summed E-state index contributed by atoms with van der Waals surface area (Å²) in [4.78, 5) is 20.5. The third-order valence-electron chi connectivity index (χ3n) is 6.21. The molecule has 2 aromatic heterocycles. The van der Waals surface area contributed by atoms with Crippen molar-refractivity contribution in [3.05, 3.63) is 35.2 Å². The molecule has 4 rings (SSSR count). The second-order valence-electron chi connectivity index (χ2n) is 8.70. The molecule has 0 atom stereocenters. The normalized spacial score (nSPS) is 16.5. The monoisotopic (exact) mass is 501 g/mol. The third-order valence-corrected chi connectivity index (χ3v) is 8.16. The molecule has 0 saturated carbocycles. The zero-order valence-corrected chi connectivity index (χ0v) is 20.8. The van der Waals surface area contributed by atoms with Gasteiger partial charge in [0.25, 0.3) is 0 Å². The molecular weight excluding hydrogens is 470 g/mol. The number of carboxylic acid groups (broad SMARTS) is 1. The number of hydrogen-bond donors (Lipinski definition) is 2. The van der Waals surface area contributed by atoms with Gasteiger partial charge in [0.15, 0.2) is 5.82 Å².